The van der Waals surface area contributed by atoms with E-state index in [1.54, 1.807) is 7.11 Å². The summed E-state index contributed by atoms with van der Waals surface area (Å²) in [6.45, 7) is 6.95. The van der Waals surface area contributed by atoms with E-state index in [2.05, 4.69) is 34.1 Å². The normalized spacial score (nSPS) is 24.0. The fourth-order valence-electron chi connectivity index (χ4n) is 5.65. The maximum Gasteiger partial charge on any atom is 0.229 e. The molecule has 2 aromatic rings. The van der Waals surface area contributed by atoms with E-state index < -0.39 is 0 Å². The Hall–Kier alpha value is -2.12. The molecular weight excluding hydrogens is 404 g/mol. The molecule has 0 N–H and O–H groups in total. The van der Waals surface area contributed by atoms with Crippen LogP contribution in [-0.2, 0) is 6.54 Å². The van der Waals surface area contributed by atoms with Gasteiger partial charge in [0, 0.05) is 19.0 Å². The van der Waals surface area contributed by atoms with Crippen molar-refractivity contribution in [3.8, 4) is 11.5 Å². The Balaban J connectivity index is 1.18. The van der Waals surface area contributed by atoms with Gasteiger partial charge in [-0.05, 0) is 82.3 Å². The van der Waals surface area contributed by atoms with Crippen LogP contribution in [0.5, 0.6) is 11.5 Å². The smallest absolute Gasteiger partial charge is 0.229 e. The summed E-state index contributed by atoms with van der Waals surface area (Å²) in [5.74, 6) is 3.90. The Kier molecular flexibility index (Phi) is 6.12. The van der Waals surface area contributed by atoms with Gasteiger partial charge < -0.3 is 14.0 Å². The van der Waals surface area contributed by atoms with Crippen molar-refractivity contribution in [3.63, 3.8) is 0 Å². The molecule has 5 rings (SSSR count). The van der Waals surface area contributed by atoms with Gasteiger partial charge in [0.15, 0.2) is 17.3 Å². The molecule has 1 saturated carbocycles. The summed E-state index contributed by atoms with van der Waals surface area (Å²) >= 11 is 0. The van der Waals surface area contributed by atoms with E-state index in [0.717, 1.165) is 55.8 Å². The summed E-state index contributed by atoms with van der Waals surface area (Å²) in [7, 11) is 3.93. The van der Waals surface area contributed by atoms with Crippen LogP contribution in [0.4, 0.5) is 0 Å². The van der Waals surface area contributed by atoms with E-state index in [-0.39, 0.29) is 6.04 Å². The van der Waals surface area contributed by atoms with Gasteiger partial charge in [-0.2, -0.15) is 4.98 Å². The maximum atomic E-state index is 5.66. The van der Waals surface area contributed by atoms with Gasteiger partial charge in [-0.25, -0.2) is 0 Å². The number of benzene rings is 1. The second-order valence-electron chi connectivity index (χ2n) is 9.95. The molecule has 0 radical (unpaired) electrons. The van der Waals surface area contributed by atoms with Crippen LogP contribution in [-0.4, -0.2) is 60.3 Å². The maximum absolute atomic E-state index is 5.66. The number of likely N-dealkylation sites (tertiary alicyclic amines) is 2. The van der Waals surface area contributed by atoms with Crippen LogP contribution in [0.3, 0.4) is 0 Å². The molecule has 3 heterocycles. The minimum Gasteiger partial charge on any atom is -0.493 e. The van der Waals surface area contributed by atoms with Gasteiger partial charge in [0.1, 0.15) is 0 Å². The van der Waals surface area contributed by atoms with E-state index in [4.69, 9.17) is 19.0 Å². The van der Waals surface area contributed by atoms with Gasteiger partial charge in [0.25, 0.3) is 0 Å². The van der Waals surface area contributed by atoms with Crippen molar-refractivity contribution in [2.45, 2.75) is 64.0 Å². The van der Waals surface area contributed by atoms with Crippen molar-refractivity contribution in [2.24, 2.45) is 5.41 Å². The molecule has 0 amide bonds. The molecule has 2 aliphatic heterocycles. The van der Waals surface area contributed by atoms with E-state index in [0.29, 0.717) is 17.9 Å². The molecule has 32 heavy (non-hydrogen) atoms. The van der Waals surface area contributed by atoms with Gasteiger partial charge in [-0.1, -0.05) is 17.6 Å². The lowest BCUT2D eigenvalue weighted by Gasteiger charge is -2.39. The first-order valence-corrected chi connectivity index (χ1v) is 12.1. The topological polar surface area (TPSA) is 63.9 Å². The Labute approximate surface area is 191 Å². The van der Waals surface area contributed by atoms with E-state index >= 15 is 0 Å². The zero-order valence-electron chi connectivity index (χ0n) is 19.7. The Morgan fingerprint density at radius 1 is 1.19 bits per heavy atom. The quantitative estimate of drug-likeness (QED) is 0.632. The van der Waals surface area contributed by atoms with E-state index in [1.165, 1.54) is 37.7 Å². The third-order valence-electron chi connectivity index (χ3n) is 7.80. The molecule has 3 fully saturated rings. The van der Waals surface area contributed by atoms with Crippen molar-refractivity contribution in [2.75, 3.05) is 40.4 Å². The lowest BCUT2D eigenvalue weighted by molar-refractivity contribution is 0.105. The highest BCUT2D eigenvalue weighted by Crippen LogP contribution is 2.48. The van der Waals surface area contributed by atoms with E-state index in [9.17, 15) is 0 Å². The fraction of sp³-hybridized carbons (Fsp3) is 0.680. The molecule has 1 aliphatic carbocycles. The van der Waals surface area contributed by atoms with Crippen LogP contribution >= 0.6 is 0 Å². The summed E-state index contributed by atoms with van der Waals surface area (Å²) in [5, 5.41) is 4.38. The van der Waals surface area contributed by atoms with E-state index in [1.807, 2.05) is 13.0 Å². The molecule has 1 aromatic carbocycles. The lowest BCUT2D eigenvalue weighted by atomic mass is 9.76. The van der Waals surface area contributed by atoms with Crippen LogP contribution in [0, 0.1) is 5.41 Å². The van der Waals surface area contributed by atoms with Crippen molar-refractivity contribution in [1.82, 2.24) is 19.9 Å². The standard InChI is InChI=1S/C25H36N4O3/c1-4-31-21-9-8-18(14-22(21)30-3)16-29-12-10-25(11-13-29)15-20(28(2)17-25)23-26-24(32-27-23)19-6-5-7-19/h8-9,14,19-20H,4-7,10-13,15-17H2,1-3H3. The molecule has 1 aromatic heterocycles. The van der Waals surface area contributed by atoms with Gasteiger partial charge >= 0.3 is 0 Å². The molecule has 1 unspecified atom stereocenters. The second kappa shape index (κ2) is 9.02. The molecule has 0 bridgehead atoms. The first-order valence-electron chi connectivity index (χ1n) is 12.1. The second-order valence-corrected chi connectivity index (χ2v) is 9.95. The molecule has 7 nitrogen and oxygen atoms in total. The minimum atomic E-state index is 0.287. The predicted molar refractivity (Wildman–Crippen MR) is 122 cm³/mol. The highest BCUT2D eigenvalue weighted by Gasteiger charge is 2.46. The number of rotatable bonds is 7. The molecule has 2 saturated heterocycles. The zero-order chi connectivity index (χ0) is 22.1. The largest absolute Gasteiger partial charge is 0.493 e. The van der Waals surface area contributed by atoms with Gasteiger partial charge in [-0.3, -0.25) is 9.80 Å². The van der Waals surface area contributed by atoms with Crippen LogP contribution < -0.4 is 9.47 Å². The third kappa shape index (κ3) is 4.25. The fourth-order valence-corrected chi connectivity index (χ4v) is 5.65. The first-order chi connectivity index (χ1) is 15.6. The summed E-state index contributed by atoms with van der Waals surface area (Å²) < 4.78 is 16.8. The van der Waals surface area contributed by atoms with Crippen molar-refractivity contribution < 1.29 is 14.0 Å². The average Bonchev–Trinajstić information content (AvgIpc) is 3.34. The van der Waals surface area contributed by atoms with Crippen LogP contribution in [0.25, 0.3) is 0 Å². The summed E-state index contributed by atoms with van der Waals surface area (Å²) in [5.41, 5.74) is 1.64. The number of nitrogens with zero attached hydrogens (tertiary/aromatic N) is 4. The minimum absolute atomic E-state index is 0.287. The Bertz CT molecular complexity index is 918. The average molecular weight is 441 g/mol. The molecule has 174 valence electrons. The van der Waals surface area contributed by atoms with Crippen LogP contribution in [0.2, 0.25) is 0 Å². The predicted octanol–water partition coefficient (Wildman–Crippen LogP) is 4.40. The van der Waals surface area contributed by atoms with Crippen LogP contribution in [0.15, 0.2) is 22.7 Å². The number of hydrogen-bond donors (Lipinski definition) is 0. The zero-order valence-corrected chi connectivity index (χ0v) is 19.7. The van der Waals surface area contributed by atoms with Gasteiger partial charge in [0.05, 0.1) is 19.8 Å². The number of ether oxygens (including phenoxy) is 2. The molecule has 7 heteroatoms. The molecular formula is C25H36N4O3. The van der Waals surface area contributed by atoms with Crippen molar-refractivity contribution >= 4 is 0 Å². The highest BCUT2D eigenvalue weighted by molar-refractivity contribution is 5.43. The molecule has 1 atom stereocenters. The number of methoxy groups -OCH3 is 1. The number of hydrogen-bond acceptors (Lipinski definition) is 7. The monoisotopic (exact) mass is 440 g/mol. The molecule has 3 aliphatic rings. The number of piperidine rings is 1. The lowest BCUT2D eigenvalue weighted by Crippen LogP contribution is -2.40. The molecule has 1 spiro atoms. The van der Waals surface area contributed by atoms with Crippen LogP contribution in [0.1, 0.15) is 74.7 Å². The van der Waals surface area contributed by atoms with Crippen molar-refractivity contribution in [1.29, 1.82) is 0 Å². The highest BCUT2D eigenvalue weighted by atomic mass is 16.5. The SMILES string of the molecule is CCOc1ccc(CN2CCC3(CC2)CC(c2noc(C4CCC4)n2)N(C)C3)cc1OC. The third-order valence-corrected chi connectivity index (χ3v) is 7.80. The summed E-state index contributed by atoms with van der Waals surface area (Å²) in [6.07, 6.45) is 7.25. The Morgan fingerprint density at radius 3 is 2.69 bits per heavy atom. The number of aromatic nitrogens is 2. The van der Waals surface area contributed by atoms with Crippen molar-refractivity contribution in [3.05, 3.63) is 35.5 Å². The van der Waals surface area contributed by atoms with Gasteiger partial charge in [0.2, 0.25) is 5.89 Å². The summed E-state index contributed by atoms with van der Waals surface area (Å²) in [6, 6.07) is 6.59. The summed E-state index contributed by atoms with van der Waals surface area (Å²) in [4.78, 5) is 9.81. The Morgan fingerprint density at radius 2 is 2.00 bits per heavy atom. The van der Waals surface area contributed by atoms with Gasteiger partial charge in [-0.15, -0.1) is 0 Å². The first kappa shape index (κ1) is 21.7.